The number of hydrogen-bond acceptors (Lipinski definition) is 3. The van der Waals surface area contributed by atoms with Crippen LogP contribution in [0.4, 0.5) is 0 Å². The van der Waals surface area contributed by atoms with Gasteiger partial charge >= 0.3 is 0 Å². The van der Waals surface area contributed by atoms with E-state index in [0.717, 1.165) is 25.9 Å². The number of hydrogen-bond donors (Lipinski definition) is 3. The van der Waals surface area contributed by atoms with Gasteiger partial charge in [-0.15, -0.1) is 0 Å². The van der Waals surface area contributed by atoms with Gasteiger partial charge in [-0.2, -0.15) is 0 Å². The van der Waals surface area contributed by atoms with E-state index in [0.29, 0.717) is 0 Å². The molecule has 0 radical (unpaired) electrons. The van der Waals surface area contributed by atoms with Crippen molar-refractivity contribution in [1.29, 1.82) is 0 Å². The van der Waals surface area contributed by atoms with Gasteiger partial charge in [0.05, 0.1) is 18.8 Å². The van der Waals surface area contributed by atoms with Crippen molar-refractivity contribution >= 4 is 0 Å². The van der Waals surface area contributed by atoms with Crippen molar-refractivity contribution in [3.05, 3.63) is 42.7 Å². The van der Waals surface area contributed by atoms with Crippen LogP contribution in [-0.2, 0) is 6.54 Å². The maximum atomic E-state index is 10.4. The predicted molar refractivity (Wildman–Crippen MR) is 168 cm³/mol. The molecule has 1 aromatic rings. The fourth-order valence-electron chi connectivity index (χ4n) is 5.29. The molecule has 0 aliphatic rings. The summed E-state index contributed by atoms with van der Waals surface area (Å²) in [7, 11) is 0. The minimum Gasteiger partial charge on any atom is -1.00 e. The Bertz CT molecular complexity index is 644. The van der Waals surface area contributed by atoms with Crippen molar-refractivity contribution in [1.82, 2.24) is 5.32 Å². The van der Waals surface area contributed by atoms with Crippen molar-refractivity contribution < 1.29 is 31.8 Å². The summed E-state index contributed by atoms with van der Waals surface area (Å²) in [5.74, 6) is 0. The first-order valence-corrected chi connectivity index (χ1v) is 16.9. The summed E-state index contributed by atoms with van der Waals surface area (Å²) in [5, 5.41) is 23.4. The molecule has 0 amide bonds. The maximum absolute atomic E-state index is 10.4. The summed E-state index contributed by atoms with van der Waals surface area (Å²) in [4.78, 5) is 0. The molecule has 0 bridgehead atoms. The molecule has 4 nitrogen and oxygen atoms in total. The van der Waals surface area contributed by atoms with E-state index < -0.39 is 6.10 Å². The highest BCUT2D eigenvalue weighted by atomic mass is 79.9. The zero-order chi connectivity index (χ0) is 28.1. The van der Waals surface area contributed by atoms with Gasteiger partial charge in [0, 0.05) is 18.6 Å². The first-order valence-electron chi connectivity index (χ1n) is 16.9. The minimum atomic E-state index is -0.603. The third-order valence-electron chi connectivity index (χ3n) is 7.94. The van der Waals surface area contributed by atoms with Crippen LogP contribution in [0.3, 0.4) is 0 Å². The van der Waals surface area contributed by atoms with E-state index >= 15 is 0 Å². The van der Waals surface area contributed by atoms with Crippen molar-refractivity contribution in [2.45, 2.75) is 167 Å². The molecule has 2 atom stereocenters. The van der Waals surface area contributed by atoms with E-state index in [4.69, 9.17) is 0 Å². The van der Waals surface area contributed by atoms with E-state index in [1.54, 1.807) is 0 Å². The Hall–Kier alpha value is -0.750. The van der Waals surface area contributed by atoms with E-state index in [1.165, 1.54) is 128 Å². The van der Waals surface area contributed by atoms with Gasteiger partial charge in [-0.25, -0.2) is 4.57 Å². The molecule has 0 aliphatic carbocycles. The van der Waals surface area contributed by atoms with Gasteiger partial charge in [-0.1, -0.05) is 134 Å². The lowest BCUT2D eigenvalue weighted by atomic mass is 10.0. The Morgan fingerprint density at radius 3 is 1.65 bits per heavy atom. The smallest absolute Gasteiger partial charge is 0.168 e. The summed E-state index contributed by atoms with van der Waals surface area (Å²) >= 11 is 0. The lowest BCUT2D eigenvalue weighted by molar-refractivity contribution is -0.697. The Morgan fingerprint density at radius 1 is 0.650 bits per heavy atom. The second kappa shape index (κ2) is 31.2. The van der Waals surface area contributed by atoms with Crippen molar-refractivity contribution in [2.24, 2.45) is 0 Å². The molecule has 3 N–H and O–H groups in total. The second-order valence-electron chi connectivity index (χ2n) is 11.6. The van der Waals surface area contributed by atoms with Crippen molar-refractivity contribution in [3.63, 3.8) is 0 Å². The SMILES string of the molecule is CCCCCCCCCCCCC/C=C/[C@@H](O)[C@H](CO)NCCCCCCCCCCCC[n+]1ccccc1.[Br-]. The number of allylic oxidation sites excluding steroid dienone is 1. The molecule has 0 fully saturated rings. The van der Waals surface area contributed by atoms with Gasteiger partial charge in [0.1, 0.15) is 6.54 Å². The average Bonchev–Trinajstić information content (AvgIpc) is 2.96. The first kappa shape index (κ1) is 39.2. The van der Waals surface area contributed by atoms with Gasteiger partial charge in [-0.05, 0) is 32.2 Å². The van der Waals surface area contributed by atoms with E-state index in [-0.39, 0.29) is 29.6 Å². The van der Waals surface area contributed by atoms with Crippen molar-refractivity contribution in [2.75, 3.05) is 13.2 Å². The lowest BCUT2D eigenvalue weighted by Crippen LogP contribution is -3.00. The lowest BCUT2D eigenvalue weighted by Gasteiger charge is -2.19. The standard InChI is InChI=1S/C35H65N2O2.BrH/c1-2-3-4-5-6-7-8-9-10-13-16-19-23-28-35(39)34(33-38)36-29-24-20-17-14-11-12-15-18-21-25-30-37-31-26-22-27-32-37;/h22-23,26-28,31-32,34-36,38-39H,2-21,24-25,29-30,33H2,1H3;1H/q+1;/p-1/b28-23+;/t34-,35+;/m0./s1. The fraction of sp³-hybridized carbons (Fsp3) is 0.800. The Kier molecular flexibility index (Phi) is 30.6. The molecule has 1 aromatic heterocycles. The largest absolute Gasteiger partial charge is 1.00 e. The number of nitrogens with one attached hydrogen (secondary N) is 1. The number of halogens is 1. The fourth-order valence-corrected chi connectivity index (χ4v) is 5.29. The highest BCUT2D eigenvalue weighted by Gasteiger charge is 2.14. The Balaban J connectivity index is 0.0000152. The van der Waals surface area contributed by atoms with E-state index in [1.807, 2.05) is 6.08 Å². The number of pyridine rings is 1. The summed E-state index contributed by atoms with van der Waals surface area (Å²) in [6.07, 6.45) is 36.7. The third-order valence-corrected chi connectivity index (χ3v) is 7.94. The first-order chi connectivity index (χ1) is 19.3. The third kappa shape index (κ3) is 25.0. The summed E-state index contributed by atoms with van der Waals surface area (Å²) in [6.45, 7) is 4.26. The summed E-state index contributed by atoms with van der Waals surface area (Å²) in [5.41, 5.74) is 0. The summed E-state index contributed by atoms with van der Waals surface area (Å²) < 4.78 is 2.27. The van der Waals surface area contributed by atoms with Crippen LogP contribution in [0.5, 0.6) is 0 Å². The number of aryl methyl sites for hydroxylation is 1. The van der Waals surface area contributed by atoms with Crippen LogP contribution >= 0.6 is 0 Å². The Labute approximate surface area is 259 Å². The zero-order valence-corrected chi connectivity index (χ0v) is 27.7. The van der Waals surface area contributed by atoms with Crippen LogP contribution in [0.2, 0.25) is 0 Å². The molecule has 0 aliphatic heterocycles. The number of nitrogens with zero attached hydrogens (tertiary/aromatic N) is 1. The second-order valence-corrected chi connectivity index (χ2v) is 11.6. The van der Waals surface area contributed by atoms with Gasteiger partial charge in [0.2, 0.25) is 0 Å². The molecule has 0 saturated carbocycles. The van der Waals surface area contributed by atoms with E-state index in [2.05, 4.69) is 53.5 Å². The quantitative estimate of drug-likeness (QED) is 0.0631. The average molecular weight is 626 g/mol. The van der Waals surface area contributed by atoms with Crippen LogP contribution in [-0.4, -0.2) is 35.5 Å². The number of aromatic nitrogens is 1. The minimum absolute atomic E-state index is 0. The van der Waals surface area contributed by atoms with Crippen LogP contribution in [0.1, 0.15) is 148 Å². The Morgan fingerprint density at radius 2 is 1.12 bits per heavy atom. The molecular formula is C35H65BrN2O2. The van der Waals surface area contributed by atoms with Gasteiger partial charge in [0.25, 0.3) is 0 Å². The molecule has 0 unspecified atom stereocenters. The van der Waals surface area contributed by atoms with Crippen LogP contribution in [0, 0.1) is 0 Å². The molecule has 0 saturated heterocycles. The van der Waals surface area contributed by atoms with Gasteiger partial charge in [-0.3, -0.25) is 0 Å². The normalized spacial score (nSPS) is 13.0. The topological polar surface area (TPSA) is 56.4 Å². The molecule has 0 aromatic carbocycles. The highest BCUT2D eigenvalue weighted by molar-refractivity contribution is 4.94. The van der Waals surface area contributed by atoms with Gasteiger partial charge < -0.3 is 32.5 Å². The molecule has 1 rings (SSSR count). The number of rotatable bonds is 29. The number of aliphatic hydroxyl groups excluding tert-OH is 2. The van der Waals surface area contributed by atoms with E-state index in [9.17, 15) is 10.2 Å². The highest BCUT2D eigenvalue weighted by Crippen LogP contribution is 2.13. The van der Waals surface area contributed by atoms with Gasteiger partial charge in [0.15, 0.2) is 12.4 Å². The van der Waals surface area contributed by atoms with Crippen LogP contribution in [0.25, 0.3) is 0 Å². The molecule has 0 spiro atoms. The van der Waals surface area contributed by atoms with Crippen molar-refractivity contribution in [3.8, 4) is 0 Å². The molecule has 1 heterocycles. The number of aliphatic hydroxyl groups is 2. The molecule has 40 heavy (non-hydrogen) atoms. The molecule has 234 valence electrons. The molecular weight excluding hydrogens is 560 g/mol. The number of unbranched alkanes of at least 4 members (excludes halogenated alkanes) is 20. The predicted octanol–water partition coefficient (Wildman–Crippen LogP) is 5.45. The zero-order valence-electron chi connectivity index (χ0n) is 26.1. The van der Waals surface area contributed by atoms with Crippen LogP contribution in [0.15, 0.2) is 42.7 Å². The monoisotopic (exact) mass is 624 g/mol. The van der Waals surface area contributed by atoms with Crippen LogP contribution < -0.4 is 26.9 Å². The molecule has 5 heteroatoms. The maximum Gasteiger partial charge on any atom is 0.168 e. The summed E-state index contributed by atoms with van der Waals surface area (Å²) in [6, 6.07) is 6.02.